The molecule has 0 radical (unpaired) electrons. The molecule has 5 aromatic rings. The van der Waals surface area contributed by atoms with Gasteiger partial charge in [0.2, 0.25) is 5.91 Å². The van der Waals surface area contributed by atoms with Crippen molar-refractivity contribution in [2.45, 2.75) is 56.9 Å². The number of carbonyl (C=O) groups is 2. The fourth-order valence-electron chi connectivity index (χ4n) is 7.45. The number of benzene rings is 3. The molecule has 2 aromatic heterocycles. The van der Waals surface area contributed by atoms with Crippen LogP contribution in [0.1, 0.15) is 68.0 Å². The molecule has 7 rings (SSSR count). The molecular formula is C43H46F3N9NaO5S-3. The van der Waals surface area contributed by atoms with Gasteiger partial charge >= 0.3 is 35.6 Å². The Balaban J connectivity index is 0.000000245. The quantitative estimate of drug-likeness (QED) is 0.0746. The molecule has 3 heterocycles. The molecule has 3 N–H and O–H groups in total. The molecule has 0 spiro atoms. The number of aliphatic hydroxyl groups is 1. The molecule has 324 valence electrons. The van der Waals surface area contributed by atoms with E-state index in [0.29, 0.717) is 52.7 Å². The van der Waals surface area contributed by atoms with Crippen molar-refractivity contribution in [1.29, 1.82) is 5.26 Å². The molecule has 1 aliphatic heterocycles. The number of ether oxygens (including phenoxy) is 1. The molecule has 1 atom stereocenters. The summed E-state index contributed by atoms with van der Waals surface area (Å²) in [6.45, 7) is 12.9. The number of aromatic nitrogens is 4. The van der Waals surface area contributed by atoms with Crippen molar-refractivity contribution in [3.63, 3.8) is 0 Å². The number of nitriles is 1. The summed E-state index contributed by atoms with van der Waals surface area (Å²) in [4.78, 5) is 42.4. The predicted octanol–water partition coefficient (Wildman–Crippen LogP) is 4.86. The standard InChI is InChI=1S/C26H28FN5O3S.C17H18F2N4O2.Na/c1-4-26(5-2)13-17(14-26)32-16-29-22-8-6-18(12-19(22)25(32)34)35-24-20(15-28)23(9-7-21(24)27)30-36-31(3)10-11-33;1-3-10(4-6-18)11-9-14-12(8-13(11)19)16(21-22(14)2)23-7-5-15(24)20-17(23)25;/h6-9,12,16-17,30,33H,1-2,4-5,10-11,13-14H2,3H3;6,8-10H,1,3-5,7H2,2H3,(H,20,24,25);/q2*-2;+1. The van der Waals surface area contributed by atoms with Gasteiger partial charge < -0.3 is 39.7 Å². The van der Waals surface area contributed by atoms with Crippen LogP contribution < -0.4 is 54.8 Å². The Morgan fingerprint density at radius 1 is 1.13 bits per heavy atom. The van der Waals surface area contributed by atoms with Gasteiger partial charge in [-0.15, -0.1) is 6.42 Å². The molecule has 0 bridgehead atoms. The molecule has 3 aromatic carbocycles. The zero-order valence-corrected chi connectivity index (χ0v) is 37.6. The SMILES string of the molecule is [CH2-]CC(C[CH-]F)c1cc2c(cc1F)c(N1CCC(=O)NC1=O)nn2C.[CH2-]CC1(C[CH2-])CC(n2cnc3ccc(Oc4c(F)ccc(NSN(C)CCO)c4C#N)cc3c2=O)C1.[Na+]. The van der Waals surface area contributed by atoms with Crippen LogP contribution in [-0.2, 0) is 11.8 Å². The maximum Gasteiger partial charge on any atom is 1.00 e. The summed E-state index contributed by atoms with van der Waals surface area (Å²) in [7, 11) is 3.44. The second-order valence-corrected chi connectivity index (χ2v) is 16.0. The number of nitrogens with one attached hydrogen (secondary N) is 2. The Morgan fingerprint density at radius 2 is 1.87 bits per heavy atom. The topological polar surface area (TPSA) is 171 Å². The van der Waals surface area contributed by atoms with Gasteiger partial charge in [-0.1, -0.05) is 11.3 Å². The fraction of sp³-hybridized carbons (Fsp3) is 0.349. The number of rotatable bonds is 15. The summed E-state index contributed by atoms with van der Waals surface area (Å²) in [6, 6.07) is 11.8. The number of fused-ring (bicyclic) bond motifs is 2. The first-order valence-corrected chi connectivity index (χ1v) is 20.3. The van der Waals surface area contributed by atoms with E-state index in [0.717, 1.165) is 37.8 Å². The number of hydrogen-bond acceptors (Lipinski definition) is 11. The summed E-state index contributed by atoms with van der Waals surface area (Å²) in [6.07, 6.45) is 5.35. The minimum Gasteiger partial charge on any atom is -0.459 e. The first kappa shape index (κ1) is 48.4. The summed E-state index contributed by atoms with van der Waals surface area (Å²) in [5, 5.41) is 26.1. The summed E-state index contributed by atoms with van der Waals surface area (Å²) < 4.78 is 55.6. The number of anilines is 2. The largest absolute Gasteiger partial charge is 1.00 e. The van der Waals surface area contributed by atoms with Crippen molar-refractivity contribution in [2.75, 3.05) is 36.4 Å². The van der Waals surface area contributed by atoms with Gasteiger partial charge in [-0.3, -0.25) is 29.1 Å². The zero-order valence-electron chi connectivity index (χ0n) is 34.8. The molecule has 19 heteroatoms. The van der Waals surface area contributed by atoms with Crippen LogP contribution in [-0.4, -0.2) is 67.4 Å². The van der Waals surface area contributed by atoms with Gasteiger partial charge in [-0.2, -0.15) is 36.3 Å². The van der Waals surface area contributed by atoms with E-state index in [4.69, 9.17) is 9.84 Å². The molecule has 1 aliphatic carbocycles. The van der Waals surface area contributed by atoms with Crippen molar-refractivity contribution < 1.29 is 62.2 Å². The van der Waals surface area contributed by atoms with Gasteiger partial charge in [0.25, 0.3) is 5.56 Å². The maximum atomic E-state index is 14.7. The van der Waals surface area contributed by atoms with Crippen LogP contribution in [0.2, 0.25) is 0 Å². The fourth-order valence-corrected chi connectivity index (χ4v) is 8.05. The number of likely N-dealkylation sites (N-methyl/N-ethyl adjacent to an activating group) is 1. The summed E-state index contributed by atoms with van der Waals surface area (Å²) >= 11 is 1.16. The molecule has 1 saturated heterocycles. The van der Waals surface area contributed by atoms with E-state index in [9.17, 15) is 32.8 Å². The number of urea groups is 1. The number of imide groups is 1. The van der Waals surface area contributed by atoms with E-state index in [1.54, 1.807) is 47.5 Å². The van der Waals surface area contributed by atoms with Crippen LogP contribution >= 0.6 is 12.1 Å². The molecule has 1 unspecified atom stereocenters. The monoisotopic (exact) mass is 880 g/mol. The number of nitrogens with zero attached hydrogens (tertiary/aromatic N) is 7. The molecular weight excluding hydrogens is 835 g/mol. The van der Waals surface area contributed by atoms with Gasteiger partial charge in [0.1, 0.15) is 23.2 Å². The third-order valence-electron chi connectivity index (χ3n) is 11.1. The number of carbonyl (C=O) groups excluding carboxylic acids is 2. The van der Waals surface area contributed by atoms with Gasteiger partial charge in [-0.25, -0.2) is 22.9 Å². The summed E-state index contributed by atoms with van der Waals surface area (Å²) in [5.74, 6) is -1.66. The van der Waals surface area contributed by atoms with Crippen LogP contribution in [0.15, 0.2) is 53.6 Å². The Morgan fingerprint density at radius 3 is 2.52 bits per heavy atom. The van der Waals surface area contributed by atoms with Gasteiger partial charge in [0.15, 0.2) is 17.4 Å². The minimum absolute atomic E-state index is 0. The van der Waals surface area contributed by atoms with Crippen LogP contribution in [0.3, 0.4) is 0 Å². The molecule has 2 fully saturated rings. The zero-order chi connectivity index (χ0) is 44.0. The van der Waals surface area contributed by atoms with Crippen molar-refractivity contribution in [2.24, 2.45) is 12.5 Å². The van der Waals surface area contributed by atoms with E-state index in [2.05, 4.69) is 40.9 Å². The van der Waals surface area contributed by atoms with E-state index in [1.165, 1.54) is 33.8 Å². The number of hydrogen-bond donors (Lipinski definition) is 3. The van der Waals surface area contributed by atoms with E-state index in [-0.39, 0.29) is 107 Å². The Kier molecular flexibility index (Phi) is 16.5. The van der Waals surface area contributed by atoms with E-state index >= 15 is 0 Å². The van der Waals surface area contributed by atoms with Crippen LogP contribution in [0.5, 0.6) is 11.5 Å². The Hall–Kier alpha value is -4.64. The smallest absolute Gasteiger partial charge is 0.459 e. The van der Waals surface area contributed by atoms with E-state index < -0.39 is 17.7 Å². The third-order valence-corrected chi connectivity index (χ3v) is 11.9. The second-order valence-electron chi connectivity index (χ2n) is 14.9. The molecule has 1 saturated carbocycles. The maximum absolute atomic E-state index is 14.7. The number of aliphatic hydroxyl groups excluding tert-OH is 1. The van der Waals surface area contributed by atoms with Crippen molar-refractivity contribution >= 4 is 57.4 Å². The van der Waals surface area contributed by atoms with Crippen molar-refractivity contribution in [3.05, 3.63) is 109 Å². The number of amides is 3. The minimum atomic E-state index is -0.707. The predicted molar refractivity (Wildman–Crippen MR) is 228 cm³/mol. The average Bonchev–Trinajstić information content (AvgIpc) is 3.54. The number of aryl methyl sites for hydroxylation is 1. The van der Waals surface area contributed by atoms with Gasteiger partial charge in [-0.05, 0) is 67.9 Å². The molecule has 2 aliphatic rings. The average molecular weight is 881 g/mol. The first-order valence-electron chi connectivity index (χ1n) is 19.5. The van der Waals surface area contributed by atoms with E-state index in [1.807, 2.05) is 6.07 Å². The molecule has 14 nitrogen and oxygen atoms in total. The molecule has 62 heavy (non-hydrogen) atoms. The Bertz CT molecular complexity index is 2520. The van der Waals surface area contributed by atoms with Crippen LogP contribution in [0, 0.1) is 55.8 Å². The second kappa shape index (κ2) is 21.2. The Labute approximate surface area is 384 Å². The van der Waals surface area contributed by atoms with Crippen molar-refractivity contribution in [1.82, 2.24) is 29.0 Å². The van der Waals surface area contributed by atoms with Crippen LogP contribution in [0.25, 0.3) is 21.8 Å². The van der Waals surface area contributed by atoms with Crippen molar-refractivity contribution in [3.8, 4) is 17.6 Å². The third kappa shape index (κ3) is 10.2. The van der Waals surface area contributed by atoms with Gasteiger partial charge in [0.05, 0.1) is 35.0 Å². The summed E-state index contributed by atoms with van der Waals surface area (Å²) in [5.41, 5.74) is 1.70. The van der Waals surface area contributed by atoms with Gasteiger partial charge in [0, 0.05) is 50.1 Å². The number of halogens is 3. The molecule has 3 amide bonds. The first-order chi connectivity index (χ1) is 29.3. The normalized spacial score (nSPS) is 15.3. The van der Waals surface area contributed by atoms with Crippen LogP contribution in [0.4, 0.5) is 29.5 Å².